The highest BCUT2D eigenvalue weighted by Gasteiger charge is 2.20. The van der Waals surface area contributed by atoms with Crippen LogP contribution in [0.5, 0.6) is 0 Å². The standard InChI is InChI=1S/C14H16BrN3O/c15-11-6-4-5-10(9-11)13-17-14(19-18-13)12-7-2-1-3-8-16-12/h4-6,9,12,16H,1-3,7-8H2. The van der Waals surface area contributed by atoms with Gasteiger partial charge in [0, 0.05) is 10.0 Å². The molecule has 0 bridgehead atoms. The van der Waals surface area contributed by atoms with E-state index in [4.69, 9.17) is 4.52 Å². The molecule has 0 aliphatic carbocycles. The molecule has 1 saturated heterocycles. The first-order chi connectivity index (χ1) is 9.33. The van der Waals surface area contributed by atoms with Gasteiger partial charge in [-0.25, -0.2) is 0 Å². The maximum Gasteiger partial charge on any atom is 0.244 e. The largest absolute Gasteiger partial charge is 0.337 e. The second-order valence-corrected chi connectivity index (χ2v) is 5.74. The van der Waals surface area contributed by atoms with E-state index in [1.165, 1.54) is 19.3 Å². The third-order valence-electron chi connectivity index (χ3n) is 3.38. The van der Waals surface area contributed by atoms with Crippen molar-refractivity contribution in [3.8, 4) is 11.4 Å². The molecule has 3 rings (SSSR count). The monoisotopic (exact) mass is 321 g/mol. The van der Waals surface area contributed by atoms with E-state index in [0.717, 1.165) is 23.0 Å². The SMILES string of the molecule is Brc1cccc(-c2noc(C3CCCCCN3)n2)c1. The van der Waals surface area contributed by atoms with E-state index in [2.05, 4.69) is 31.4 Å². The van der Waals surface area contributed by atoms with E-state index in [9.17, 15) is 0 Å². The summed E-state index contributed by atoms with van der Waals surface area (Å²) in [7, 11) is 0. The van der Waals surface area contributed by atoms with Gasteiger partial charge in [-0.3, -0.25) is 0 Å². The molecule has 100 valence electrons. The van der Waals surface area contributed by atoms with Crippen molar-refractivity contribution in [2.75, 3.05) is 6.54 Å². The molecule has 0 radical (unpaired) electrons. The van der Waals surface area contributed by atoms with Gasteiger partial charge in [0.1, 0.15) is 0 Å². The minimum absolute atomic E-state index is 0.205. The first-order valence-corrected chi connectivity index (χ1v) is 7.45. The van der Waals surface area contributed by atoms with E-state index in [-0.39, 0.29) is 6.04 Å². The summed E-state index contributed by atoms with van der Waals surface area (Å²) in [5.41, 5.74) is 0.970. The topological polar surface area (TPSA) is 51.0 Å². The summed E-state index contributed by atoms with van der Waals surface area (Å²) in [6.07, 6.45) is 4.78. The van der Waals surface area contributed by atoms with Gasteiger partial charge in [0.25, 0.3) is 0 Å². The molecule has 1 aliphatic heterocycles. The van der Waals surface area contributed by atoms with Crippen LogP contribution in [-0.4, -0.2) is 16.7 Å². The Bertz CT molecular complexity index is 547. The third kappa shape index (κ3) is 3.04. The van der Waals surface area contributed by atoms with E-state index in [0.29, 0.717) is 11.7 Å². The fraction of sp³-hybridized carbons (Fsp3) is 0.429. The highest BCUT2D eigenvalue weighted by atomic mass is 79.9. The molecule has 1 aromatic carbocycles. The highest BCUT2D eigenvalue weighted by molar-refractivity contribution is 9.10. The lowest BCUT2D eigenvalue weighted by Gasteiger charge is -2.09. The van der Waals surface area contributed by atoms with Crippen molar-refractivity contribution in [2.24, 2.45) is 0 Å². The van der Waals surface area contributed by atoms with E-state index >= 15 is 0 Å². The smallest absolute Gasteiger partial charge is 0.244 e. The zero-order valence-corrected chi connectivity index (χ0v) is 12.2. The Labute approximate surface area is 120 Å². The molecule has 4 nitrogen and oxygen atoms in total. The maximum atomic E-state index is 5.42. The number of benzene rings is 1. The Morgan fingerprint density at radius 3 is 3.11 bits per heavy atom. The van der Waals surface area contributed by atoms with Crippen LogP contribution < -0.4 is 5.32 Å². The molecule has 2 heterocycles. The minimum Gasteiger partial charge on any atom is -0.337 e. The first-order valence-electron chi connectivity index (χ1n) is 6.66. The van der Waals surface area contributed by atoms with Crippen LogP contribution in [0.3, 0.4) is 0 Å². The number of halogens is 1. The molecular weight excluding hydrogens is 306 g/mol. The fourth-order valence-electron chi connectivity index (χ4n) is 2.36. The molecule has 1 fully saturated rings. The molecule has 1 aromatic heterocycles. The number of rotatable bonds is 2. The van der Waals surface area contributed by atoms with Crippen LogP contribution in [0.25, 0.3) is 11.4 Å². The normalized spacial score (nSPS) is 20.2. The molecule has 0 amide bonds. The van der Waals surface area contributed by atoms with Crippen molar-refractivity contribution >= 4 is 15.9 Å². The van der Waals surface area contributed by atoms with Gasteiger partial charge in [0.2, 0.25) is 11.7 Å². The third-order valence-corrected chi connectivity index (χ3v) is 3.88. The first kappa shape index (κ1) is 12.8. The molecular formula is C14H16BrN3O. The van der Waals surface area contributed by atoms with Crippen LogP contribution in [0.1, 0.15) is 37.6 Å². The fourth-order valence-corrected chi connectivity index (χ4v) is 2.76. The molecule has 1 atom stereocenters. The predicted octanol–water partition coefficient (Wildman–Crippen LogP) is 3.70. The van der Waals surface area contributed by atoms with Crippen molar-refractivity contribution in [3.05, 3.63) is 34.6 Å². The van der Waals surface area contributed by atoms with Crippen molar-refractivity contribution in [2.45, 2.75) is 31.7 Å². The van der Waals surface area contributed by atoms with Crippen LogP contribution in [0.15, 0.2) is 33.3 Å². The second kappa shape index (κ2) is 5.84. The number of hydrogen-bond donors (Lipinski definition) is 1. The van der Waals surface area contributed by atoms with Crippen LogP contribution in [0.2, 0.25) is 0 Å². The van der Waals surface area contributed by atoms with Gasteiger partial charge < -0.3 is 9.84 Å². The van der Waals surface area contributed by atoms with Crippen molar-refractivity contribution in [1.29, 1.82) is 0 Å². The molecule has 1 unspecified atom stereocenters. The quantitative estimate of drug-likeness (QED) is 0.916. The summed E-state index contributed by atoms with van der Waals surface area (Å²) in [6.45, 7) is 1.03. The van der Waals surface area contributed by atoms with E-state index in [1.807, 2.05) is 24.3 Å². The summed E-state index contributed by atoms with van der Waals surface area (Å²) in [5, 5.41) is 7.55. The zero-order valence-electron chi connectivity index (χ0n) is 10.6. The van der Waals surface area contributed by atoms with Crippen molar-refractivity contribution in [3.63, 3.8) is 0 Å². The number of nitrogens with zero attached hydrogens (tertiary/aromatic N) is 2. The summed E-state index contributed by atoms with van der Waals surface area (Å²) in [6, 6.07) is 8.14. The van der Waals surface area contributed by atoms with Gasteiger partial charge in [0.05, 0.1) is 6.04 Å². The van der Waals surface area contributed by atoms with Crippen LogP contribution in [0.4, 0.5) is 0 Å². The second-order valence-electron chi connectivity index (χ2n) is 4.82. The zero-order chi connectivity index (χ0) is 13.1. The average Bonchev–Trinajstić information content (AvgIpc) is 2.75. The van der Waals surface area contributed by atoms with Crippen molar-refractivity contribution in [1.82, 2.24) is 15.5 Å². The lowest BCUT2D eigenvalue weighted by atomic mass is 10.1. The lowest BCUT2D eigenvalue weighted by Crippen LogP contribution is -2.20. The number of aromatic nitrogens is 2. The van der Waals surface area contributed by atoms with E-state index < -0.39 is 0 Å². The van der Waals surface area contributed by atoms with Gasteiger partial charge in [-0.15, -0.1) is 0 Å². The molecule has 0 saturated carbocycles. The number of hydrogen-bond acceptors (Lipinski definition) is 4. The Balaban J connectivity index is 1.82. The van der Waals surface area contributed by atoms with Gasteiger partial charge in [0.15, 0.2) is 0 Å². The number of nitrogens with one attached hydrogen (secondary N) is 1. The molecule has 1 aliphatic rings. The summed E-state index contributed by atoms with van der Waals surface area (Å²) in [4.78, 5) is 4.53. The summed E-state index contributed by atoms with van der Waals surface area (Å²) in [5.74, 6) is 1.36. The van der Waals surface area contributed by atoms with Gasteiger partial charge in [-0.05, 0) is 31.5 Å². The molecule has 1 N–H and O–H groups in total. The van der Waals surface area contributed by atoms with Crippen molar-refractivity contribution < 1.29 is 4.52 Å². The van der Waals surface area contributed by atoms with Crippen LogP contribution in [-0.2, 0) is 0 Å². The molecule has 19 heavy (non-hydrogen) atoms. The Morgan fingerprint density at radius 2 is 2.21 bits per heavy atom. The van der Waals surface area contributed by atoms with Crippen LogP contribution >= 0.6 is 15.9 Å². The molecule has 0 spiro atoms. The Hall–Kier alpha value is -1.20. The van der Waals surface area contributed by atoms with Gasteiger partial charge in [-0.2, -0.15) is 4.98 Å². The van der Waals surface area contributed by atoms with Gasteiger partial charge in [-0.1, -0.05) is 46.1 Å². The lowest BCUT2D eigenvalue weighted by molar-refractivity contribution is 0.327. The van der Waals surface area contributed by atoms with Crippen LogP contribution in [0, 0.1) is 0 Å². The molecule has 2 aromatic rings. The van der Waals surface area contributed by atoms with E-state index in [1.54, 1.807) is 0 Å². The molecule has 5 heteroatoms. The maximum absolute atomic E-state index is 5.42. The predicted molar refractivity (Wildman–Crippen MR) is 76.6 cm³/mol. The Morgan fingerprint density at radius 1 is 1.26 bits per heavy atom. The minimum atomic E-state index is 0.205. The summed E-state index contributed by atoms with van der Waals surface area (Å²) >= 11 is 3.45. The highest BCUT2D eigenvalue weighted by Crippen LogP contribution is 2.25. The average molecular weight is 322 g/mol. The van der Waals surface area contributed by atoms with Gasteiger partial charge >= 0.3 is 0 Å². The Kier molecular flexibility index (Phi) is 3.94. The summed E-state index contributed by atoms with van der Waals surface area (Å²) < 4.78 is 6.43.